The first-order chi connectivity index (χ1) is 12.7. The van der Waals surface area contributed by atoms with Gasteiger partial charge in [0.05, 0.1) is 24.2 Å². The molecular formula is C19H18F2N4O2. The molecule has 0 spiro atoms. The summed E-state index contributed by atoms with van der Waals surface area (Å²) in [6, 6.07) is 7.72. The number of benzene rings is 1. The van der Waals surface area contributed by atoms with Gasteiger partial charge in [0, 0.05) is 29.5 Å². The van der Waals surface area contributed by atoms with Crippen LogP contribution in [0.25, 0.3) is 10.9 Å². The SMILES string of the molecule is CC(C(=O)c1ccnc2ccccc12)C(N)C(=O)N1CC(F)(F)C[C@H]1C#N. The third kappa shape index (κ3) is 3.51. The Morgan fingerprint density at radius 1 is 1.37 bits per heavy atom. The number of nitrogens with two attached hydrogens (primary N) is 1. The van der Waals surface area contributed by atoms with Crippen molar-refractivity contribution in [3.8, 4) is 6.07 Å². The molecule has 2 aromatic rings. The van der Waals surface area contributed by atoms with E-state index >= 15 is 0 Å². The van der Waals surface area contributed by atoms with E-state index in [-0.39, 0.29) is 5.78 Å². The van der Waals surface area contributed by atoms with Crippen molar-refractivity contribution in [2.75, 3.05) is 6.54 Å². The van der Waals surface area contributed by atoms with Crippen molar-refractivity contribution in [1.82, 2.24) is 9.88 Å². The molecule has 3 rings (SSSR count). The first-order valence-corrected chi connectivity index (χ1v) is 8.46. The van der Waals surface area contributed by atoms with Gasteiger partial charge in [0.15, 0.2) is 5.78 Å². The number of nitriles is 1. The van der Waals surface area contributed by atoms with Crippen molar-refractivity contribution in [2.24, 2.45) is 11.7 Å². The van der Waals surface area contributed by atoms with E-state index in [1.807, 2.05) is 0 Å². The number of rotatable bonds is 4. The third-order valence-corrected chi connectivity index (χ3v) is 4.85. The number of nitrogens with zero attached hydrogens (tertiary/aromatic N) is 3. The molecule has 0 bridgehead atoms. The van der Waals surface area contributed by atoms with Crippen LogP contribution in [0, 0.1) is 17.2 Å². The second-order valence-corrected chi connectivity index (χ2v) is 6.73. The largest absolute Gasteiger partial charge is 0.319 e. The van der Waals surface area contributed by atoms with Gasteiger partial charge in [-0.05, 0) is 12.1 Å². The molecule has 2 N–H and O–H groups in total. The Bertz CT molecular complexity index is 935. The molecule has 1 saturated heterocycles. The quantitative estimate of drug-likeness (QED) is 0.829. The van der Waals surface area contributed by atoms with Crippen LogP contribution >= 0.6 is 0 Å². The number of pyridine rings is 1. The number of halogens is 2. The van der Waals surface area contributed by atoms with Gasteiger partial charge in [-0.3, -0.25) is 14.6 Å². The molecule has 2 unspecified atom stereocenters. The molecule has 1 amide bonds. The van der Waals surface area contributed by atoms with Gasteiger partial charge in [0.25, 0.3) is 5.92 Å². The highest BCUT2D eigenvalue weighted by Crippen LogP contribution is 2.32. The molecule has 1 aromatic carbocycles. The van der Waals surface area contributed by atoms with Gasteiger partial charge < -0.3 is 10.6 Å². The third-order valence-electron chi connectivity index (χ3n) is 4.85. The monoisotopic (exact) mass is 372 g/mol. The van der Waals surface area contributed by atoms with Crippen LogP contribution in [0.5, 0.6) is 0 Å². The molecule has 1 aromatic heterocycles. The van der Waals surface area contributed by atoms with Gasteiger partial charge >= 0.3 is 0 Å². The van der Waals surface area contributed by atoms with Crippen LogP contribution in [-0.2, 0) is 4.79 Å². The first kappa shape index (κ1) is 18.9. The minimum atomic E-state index is -3.13. The summed E-state index contributed by atoms with van der Waals surface area (Å²) in [5.41, 5.74) is 6.93. The molecule has 6 nitrogen and oxygen atoms in total. The zero-order chi connectivity index (χ0) is 19.8. The fourth-order valence-electron chi connectivity index (χ4n) is 3.29. The molecule has 1 fully saturated rings. The summed E-state index contributed by atoms with van der Waals surface area (Å²) in [4.78, 5) is 30.5. The van der Waals surface area contributed by atoms with E-state index in [2.05, 4.69) is 4.98 Å². The number of alkyl halides is 2. The van der Waals surface area contributed by atoms with Crippen LogP contribution < -0.4 is 5.73 Å². The second kappa shape index (κ2) is 7.00. The maximum absolute atomic E-state index is 13.6. The predicted octanol–water partition coefficient (Wildman–Crippen LogP) is 2.14. The number of ketones is 1. The van der Waals surface area contributed by atoms with Gasteiger partial charge in [-0.15, -0.1) is 0 Å². The lowest BCUT2D eigenvalue weighted by atomic mass is 9.90. The lowest BCUT2D eigenvalue weighted by Crippen LogP contribution is -2.50. The minimum absolute atomic E-state index is 0.361. The molecule has 1 aliphatic rings. The number of carbonyl (C=O) groups excluding carboxylic acids is 2. The number of hydrogen-bond donors (Lipinski definition) is 1. The van der Waals surface area contributed by atoms with E-state index < -0.39 is 42.8 Å². The topological polar surface area (TPSA) is 100 Å². The minimum Gasteiger partial charge on any atom is -0.319 e. The highest BCUT2D eigenvalue weighted by Gasteiger charge is 2.48. The molecular weight excluding hydrogens is 354 g/mol. The van der Waals surface area contributed by atoms with Crippen molar-refractivity contribution in [2.45, 2.75) is 31.4 Å². The maximum Gasteiger partial charge on any atom is 0.268 e. The van der Waals surface area contributed by atoms with E-state index in [1.165, 1.54) is 13.1 Å². The van der Waals surface area contributed by atoms with Gasteiger partial charge in [-0.25, -0.2) is 8.78 Å². The van der Waals surface area contributed by atoms with Gasteiger partial charge in [0.2, 0.25) is 5.91 Å². The smallest absolute Gasteiger partial charge is 0.268 e. The molecule has 1 aliphatic heterocycles. The Labute approximate surface area is 154 Å². The summed E-state index contributed by atoms with van der Waals surface area (Å²) in [5.74, 6) is -5.28. The number of likely N-dealkylation sites (tertiary alicyclic amines) is 1. The molecule has 8 heteroatoms. The molecule has 140 valence electrons. The summed E-state index contributed by atoms with van der Waals surface area (Å²) >= 11 is 0. The number of amides is 1. The number of Topliss-reactive ketones (excluding diaryl/α,β-unsaturated/α-hetero) is 1. The standard InChI is InChI=1S/C19H18F2N4O2/c1-11(16(23)18(27)25-10-19(20,21)8-12(25)9-22)17(26)14-6-7-24-15-5-3-2-4-13(14)15/h2-7,11-12,16H,8,10,23H2,1H3/t11?,12-,16?/m0/s1. The fraction of sp³-hybridized carbons (Fsp3) is 0.368. The number of aromatic nitrogens is 1. The van der Waals surface area contributed by atoms with Gasteiger partial charge in [-0.2, -0.15) is 5.26 Å². The Morgan fingerprint density at radius 2 is 2.07 bits per heavy atom. The number of para-hydroxylation sites is 1. The average Bonchev–Trinajstić information content (AvgIpc) is 2.99. The first-order valence-electron chi connectivity index (χ1n) is 8.46. The van der Waals surface area contributed by atoms with Crippen LogP contribution in [0.15, 0.2) is 36.5 Å². The number of fused-ring (bicyclic) bond motifs is 1. The Morgan fingerprint density at radius 3 is 2.78 bits per heavy atom. The van der Waals surface area contributed by atoms with Crippen molar-refractivity contribution in [3.05, 3.63) is 42.1 Å². The van der Waals surface area contributed by atoms with Crippen molar-refractivity contribution in [1.29, 1.82) is 5.26 Å². The average molecular weight is 372 g/mol. The van der Waals surface area contributed by atoms with Gasteiger partial charge in [0.1, 0.15) is 6.04 Å². The normalized spacial score (nSPS) is 20.9. The Balaban J connectivity index is 1.84. The molecule has 0 aliphatic carbocycles. The summed E-state index contributed by atoms with van der Waals surface area (Å²) in [6.45, 7) is 0.618. The maximum atomic E-state index is 13.6. The van der Waals surface area contributed by atoms with Gasteiger partial charge in [-0.1, -0.05) is 25.1 Å². The molecule has 3 atom stereocenters. The predicted molar refractivity (Wildman–Crippen MR) is 93.9 cm³/mol. The Kier molecular flexibility index (Phi) is 4.89. The lowest BCUT2D eigenvalue weighted by molar-refractivity contribution is -0.134. The second-order valence-electron chi connectivity index (χ2n) is 6.73. The highest BCUT2D eigenvalue weighted by atomic mass is 19.3. The van der Waals surface area contributed by atoms with E-state index in [9.17, 15) is 18.4 Å². The van der Waals surface area contributed by atoms with Crippen LogP contribution in [0.3, 0.4) is 0 Å². The van der Waals surface area contributed by atoms with Crippen molar-refractivity contribution < 1.29 is 18.4 Å². The van der Waals surface area contributed by atoms with Crippen LogP contribution in [0.2, 0.25) is 0 Å². The van der Waals surface area contributed by atoms with E-state index in [0.717, 1.165) is 4.90 Å². The lowest BCUT2D eigenvalue weighted by Gasteiger charge is -2.26. The van der Waals surface area contributed by atoms with Crippen molar-refractivity contribution in [3.63, 3.8) is 0 Å². The van der Waals surface area contributed by atoms with E-state index in [0.29, 0.717) is 16.5 Å². The number of carbonyl (C=O) groups is 2. The molecule has 2 heterocycles. The van der Waals surface area contributed by atoms with Crippen LogP contribution in [-0.4, -0.2) is 46.1 Å². The molecule has 0 radical (unpaired) electrons. The summed E-state index contributed by atoms with van der Waals surface area (Å²) in [7, 11) is 0. The van der Waals surface area contributed by atoms with Crippen LogP contribution in [0.1, 0.15) is 23.7 Å². The summed E-state index contributed by atoms with van der Waals surface area (Å²) < 4.78 is 27.2. The van der Waals surface area contributed by atoms with Crippen molar-refractivity contribution >= 4 is 22.6 Å². The van der Waals surface area contributed by atoms with Crippen LogP contribution in [0.4, 0.5) is 8.78 Å². The van der Waals surface area contributed by atoms with E-state index in [4.69, 9.17) is 11.0 Å². The number of hydrogen-bond acceptors (Lipinski definition) is 5. The highest BCUT2D eigenvalue weighted by molar-refractivity contribution is 6.09. The summed E-state index contributed by atoms with van der Waals surface area (Å²) in [5, 5.41) is 9.68. The summed E-state index contributed by atoms with van der Waals surface area (Å²) in [6.07, 6.45) is 0.766. The molecule has 27 heavy (non-hydrogen) atoms. The zero-order valence-corrected chi connectivity index (χ0v) is 14.6. The van der Waals surface area contributed by atoms with E-state index in [1.54, 1.807) is 36.4 Å². The zero-order valence-electron chi connectivity index (χ0n) is 14.6. The Hall–Kier alpha value is -2.92. The molecule has 0 saturated carbocycles. The fourth-order valence-corrected chi connectivity index (χ4v) is 3.29.